The van der Waals surface area contributed by atoms with Gasteiger partial charge in [0.15, 0.2) is 0 Å². The van der Waals surface area contributed by atoms with Gasteiger partial charge in [-0.1, -0.05) is 6.92 Å². The highest BCUT2D eigenvalue weighted by molar-refractivity contribution is 5.13. The molecule has 0 saturated heterocycles. The molecule has 0 radical (unpaired) electrons. The van der Waals surface area contributed by atoms with E-state index in [0.717, 1.165) is 5.56 Å². The molecular weight excluding hydrogens is 154 g/mol. The fraction of sp³-hybridized carbons (Fsp3) is 0.444. The van der Waals surface area contributed by atoms with Crippen LogP contribution in [0.4, 0.5) is 0 Å². The standard InChI is InChI=1S/C9H13NO2/c1-7(6-11)9(12)8-2-4-10-5-3-8/h2-5,7,9,11-12H,6H2,1H3. The van der Waals surface area contributed by atoms with Crippen LogP contribution >= 0.6 is 0 Å². The minimum Gasteiger partial charge on any atom is -0.396 e. The average molecular weight is 167 g/mol. The highest BCUT2D eigenvalue weighted by Gasteiger charge is 2.14. The van der Waals surface area contributed by atoms with Gasteiger partial charge in [0.1, 0.15) is 0 Å². The first-order chi connectivity index (χ1) is 5.75. The van der Waals surface area contributed by atoms with Gasteiger partial charge < -0.3 is 10.2 Å². The van der Waals surface area contributed by atoms with Crippen LogP contribution in [0, 0.1) is 5.92 Å². The molecule has 0 aliphatic rings. The lowest BCUT2D eigenvalue weighted by atomic mass is 9.99. The summed E-state index contributed by atoms with van der Waals surface area (Å²) in [5.41, 5.74) is 0.798. The Morgan fingerprint density at radius 1 is 1.42 bits per heavy atom. The Morgan fingerprint density at radius 2 is 2.00 bits per heavy atom. The average Bonchev–Trinajstić information content (AvgIpc) is 2.17. The zero-order valence-corrected chi connectivity index (χ0v) is 7.01. The molecule has 66 valence electrons. The van der Waals surface area contributed by atoms with Crippen molar-refractivity contribution in [3.8, 4) is 0 Å². The fourth-order valence-corrected chi connectivity index (χ4v) is 0.989. The van der Waals surface area contributed by atoms with Crippen molar-refractivity contribution in [1.29, 1.82) is 0 Å². The van der Waals surface area contributed by atoms with Crippen LogP contribution < -0.4 is 0 Å². The molecule has 1 heterocycles. The summed E-state index contributed by atoms with van der Waals surface area (Å²) < 4.78 is 0. The van der Waals surface area contributed by atoms with Gasteiger partial charge in [0, 0.05) is 24.9 Å². The van der Waals surface area contributed by atoms with E-state index in [9.17, 15) is 5.11 Å². The minimum absolute atomic E-state index is 0.0104. The summed E-state index contributed by atoms with van der Waals surface area (Å²) in [6.07, 6.45) is 2.66. The molecule has 3 heteroatoms. The van der Waals surface area contributed by atoms with Crippen LogP contribution in [0.15, 0.2) is 24.5 Å². The van der Waals surface area contributed by atoms with Crippen molar-refractivity contribution in [2.24, 2.45) is 5.92 Å². The van der Waals surface area contributed by atoms with E-state index in [1.165, 1.54) is 0 Å². The molecule has 2 atom stereocenters. The second-order valence-corrected chi connectivity index (χ2v) is 2.89. The number of nitrogens with zero attached hydrogens (tertiary/aromatic N) is 1. The lowest BCUT2D eigenvalue weighted by Gasteiger charge is -2.15. The van der Waals surface area contributed by atoms with Gasteiger partial charge in [-0.05, 0) is 17.7 Å². The molecule has 1 aromatic heterocycles. The topological polar surface area (TPSA) is 53.4 Å². The molecule has 0 fully saturated rings. The molecule has 0 aromatic carbocycles. The molecule has 2 unspecified atom stereocenters. The van der Waals surface area contributed by atoms with E-state index >= 15 is 0 Å². The molecule has 1 aromatic rings. The van der Waals surface area contributed by atoms with Crippen molar-refractivity contribution in [2.45, 2.75) is 13.0 Å². The van der Waals surface area contributed by atoms with Gasteiger partial charge in [-0.2, -0.15) is 0 Å². The highest BCUT2D eigenvalue weighted by Crippen LogP contribution is 2.19. The largest absolute Gasteiger partial charge is 0.396 e. The second kappa shape index (κ2) is 4.18. The number of hydrogen-bond acceptors (Lipinski definition) is 3. The van der Waals surface area contributed by atoms with E-state index < -0.39 is 6.10 Å². The van der Waals surface area contributed by atoms with Crippen LogP contribution in [0.25, 0.3) is 0 Å². The number of aliphatic hydroxyl groups is 2. The predicted molar refractivity (Wildman–Crippen MR) is 45.4 cm³/mol. The Morgan fingerprint density at radius 3 is 2.50 bits per heavy atom. The van der Waals surface area contributed by atoms with E-state index in [2.05, 4.69) is 4.98 Å². The molecule has 2 N–H and O–H groups in total. The predicted octanol–water partition coefficient (Wildman–Crippen LogP) is 0.743. The van der Waals surface area contributed by atoms with Crippen LogP contribution in [-0.2, 0) is 0 Å². The normalized spacial score (nSPS) is 15.6. The molecule has 0 spiro atoms. The van der Waals surface area contributed by atoms with Gasteiger partial charge in [0.05, 0.1) is 6.10 Å². The van der Waals surface area contributed by atoms with E-state index in [1.54, 1.807) is 31.5 Å². The van der Waals surface area contributed by atoms with Crippen molar-refractivity contribution in [3.63, 3.8) is 0 Å². The van der Waals surface area contributed by atoms with E-state index in [0.29, 0.717) is 0 Å². The van der Waals surface area contributed by atoms with Crippen LogP contribution in [-0.4, -0.2) is 21.8 Å². The lowest BCUT2D eigenvalue weighted by Crippen LogP contribution is -2.12. The van der Waals surface area contributed by atoms with Crippen LogP contribution in [0.2, 0.25) is 0 Å². The van der Waals surface area contributed by atoms with Gasteiger partial charge in [0.25, 0.3) is 0 Å². The molecule has 1 rings (SSSR count). The molecule has 3 nitrogen and oxygen atoms in total. The van der Waals surface area contributed by atoms with Crippen molar-refractivity contribution in [1.82, 2.24) is 4.98 Å². The summed E-state index contributed by atoms with van der Waals surface area (Å²) >= 11 is 0. The first-order valence-corrected chi connectivity index (χ1v) is 3.94. The van der Waals surface area contributed by atoms with Gasteiger partial charge in [-0.15, -0.1) is 0 Å². The molecule has 0 aliphatic carbocycles. The van der Waals surface area contributed by atoms with Crippen LogP contribution in [0.1, 0.15) is 18.6 Å². The Kier molecular flexibility index (Phi) is 3.19. The monoisotopic (exact) mass is 167 g/mol. The molecular formula is C9H13NO2. The van der Waals surface area contributed by atoms with Crippen molar-refractivity contribution in [3.05, 3.63) is 30.1 Å². The van der Waals surface area contributed by atoms with Gasteiger partial charge in [-0.25, -0.2) is 0 Å². The Bertz CT molecular complexity index is 225. The summed E-state index contributed by atoms with van der Waals surface area (Å²) in [4.78, 5) is 3.84. The van der Waals surface area contributed by atoms with Crippen molar-refractivity contribution >= 4 is 0 Å². The third-order valence-corrected chi connectivity index (χ3v) is 1.87. The Balaban J connectivity index is 2.71. The van der Waals surface area contributed by atoms with E-state index in [4.69, 9.17) is 5.11 Å². The maximum Gasteiger partial charge on any atom is 0.0838 e. The summed E-state index contributed by atoms with van der Waals surface area (Å²) in [5.74, 6) is -0.132. The van der Waals surface area contributed by atoms with Gasteiger partial charge in [-0.3, -0.25) is 4.98 Å². The number of aliphatic hydroxyl groups excluding tert-OH is 2. The highest BCUT2D eigenvalue weighted by atomic mass is 16.3. The van der Waals surface area contributed by atoms with Crippen LogP contribution in [0.5, 0.6) is 0 Å². The summed E-state index contributed by atoms with van der Waals surface area (Å²) in [7, 11) is 0. The maximum absolute atomic E-state index is 9.60. The number of pyridine rings is 1. The first-order valence-electron chi connectivity index (χ1n) is 3.94. The minimum atomic E-state index is -0.599. The molecule has 0 aliphatic heterocycles. The Hall–Kier alpha value is -0.930. The third kappa shape index (κ3) is 2.03. The smallest absolute Gasteiger partial charge is 0.0838 e. The number of aromatic nitrogens is 1. The van der Waals surface area contributed by atoms with Crippen LogP contribution in [0.3, 0.4) is 0 Å². The summed E-state index contributed by atoms with van der Waals surface area (Å²) in [6.45, 7) is 1.79. The second-order valence-electron chi connectivity index (χ2n) is 2.89. The zero-order chi connectivity index (χ0) is 8.97. The van der Waals surface area contributed by atoms with Crippen molar-refractivity contribution < 1.29 is 10.2 Å². The first kappa shape index (κ1) is 9.16. The number of hydrogen-bond donors (Lipinski definition) is 2. The quantitative estimate of drug-likeness (QED) is 0.698. The third-order valence-electron chi connectivity index (χ3n) is 1.87. The fourth-order valence-electron chi connectivity index (χ4n) is 0.989. The SMILES string of the molecule is CC(CO)C(O)c1ccncc1. The summed E-state index contributed by atoms with van der Waals surface area (Å²) in [6, 6.07) is 3.49. The zero-order valence-electron chi connectivity index (χ0n) is 7.01. The van der Waals surface area contributed by atoms with E-state index in [1.807, 2.05) is 0 Å². The molecule has 12 heavy (non-hydrogen) atoms. The molecule has 0 bridgehead atoms. The van der Waals surface area contributed by atoms with Crippen molar-refractivity contribution in [2.75, 3.05) is 6.61 Å². The molecule has 0 saturated carbocycles. The summed E-state index contributed by atoms with van der Waals surface area (Å²) in [5, 5.41) is 18.4. The Labute approximate surface area is 71.7 Å². The number of rotatable bonds is 3. The maximum atomic E-state index is 9.60. The molecule has 0 amide bonds. The van der Waals surface area contributed by atoms with Gasteiger partial charge in [0.2, 0.25) is 0 Å². The van der Waals surface area contributed by atoms with Gasteiger partial charge >= 0.3 is 0 Å². The lowest BCUT2D eigenvalue weighted by molar-refractivity contribution is 0.0770. The van der Waals surface area contributed by atoms with E-state index in [-0.39, 0.29) is 12.5 Å².